The Balaban J connectivity index is 3.06. The van der Waals surface area contributed by atoms with E-state index in [1.807, 2.05) is 5.32 Å². The zero-order valence-electron chi connectivity index (χ0n) is 10.8. The van der Waals surface area contributed by atoms with Crippen molar-refractivity contribution >= 4 is 28.4 Å². The number of halogens is 3. The molecule has 9 heteroatoms. The minimum atomic E-state index is -4.81. The highest BCUT2D eigenvalue weighted by Crippen LogP contribution is 2.39. The van der Waals surface area contributed by atoms with E-state index in [4.69, 9.17) is 9.84 Å². The normalized spacial score (nSPS) is 12.1. The number of carboxylic acid groups (broad SMARTS) is 1. The van der Waals surface area contributed by atoms with Crippen molar-refractivity contribution in [2.45, 2.75) is 32.5 Å². The van der Waals surface area contributed by atoms with Crippen LogP contribution in [0.3, 0.4) is 0 Å². The Morgan fingerprint density at radius 2 is 1.85 bits per heavy atom. The Morgan fingerprint density at radius 3 is 2.25 bits per heavy atom. The van der Waals surface area contributed by atoms with E-state index in [9.17, 15) is 22.8 Å². The molecule has 0 saturated carbocycles. The summed E-state index contributed by atoms with van der Waals surface area (Å²) in [5.74, 6) is -1.77. The maximum Gasteiger partial charge on any atom is 0.418 e. The predicted octanol–water partition coefficient (Wildman–Crippen LogP) is 3.81. The van der Waals surface area contributed by atoms with Gasteiger partial charge in [-0.2, -0.15) is 13.2 Å². The van der Waals surface area contributed by atoms with Crippen LogP contribution < -0.4 is 5.32 Å². The lowest BCUT2D eigenvalue weighted by Gasteiger charge is -2.19. The first-order chi connectivity index (χ1) is 8.92. The number of carboxylic acids is 1. The van der Waals surface area contributed by atoms with Crippen molar-refractivity contribution in [1.82, 2.24) is 0 Å². The van der Waals surface area contributed by atoms with Gasteiger partial charge in [-0.25, -0.2) is 9.59 Å². The summed E-state index contributed by atoms with van der Waals surface area (Å²) in [6.45, 7) is 4.71. The molecule has 0 unspecified atom stereocenters. The van der Waals surface area contributed by atoms with Crippen LogP contribution in [0.15, 0.2) is 5.38 Å². The van der Waals surface area contributed by atoms with Gasteiger partial charge in [0.05, 0.1) is 5.56 Å². The van der Waals surface area contributed by atoms with Crippen molar-refractivity contribution < 1.29 is 32.6 Å². The molecule has 0 radical (unpaired) electrons. The first-order valence-corrected chi connectivity index (χ1v) is 6.22. The first kappa shape index (κ1) is 16.3. The second-order valence-corrected chi connectivity index (χ2v) is 5.66. The molecule has 112 valence electrons. The summed E-state index contributed by atoms with van der Waals surface area (Å²) in [7, 11) is 0. The smallest absolute Gasteiger partial charge is 0.418 e. The lowest BCUT2D eigenvalue weighted by Crippen LogP contribution is -2.27. The molecular formula is C11H12F3NO4S. The number of carbonyl (C=O) groups excluding carboxylic acids is 1. The Morgan fingerprint density at radius 1 is 1.30 bits per heavy atom. The van der Waals surface area contributed by atoms with Gasteiger partial charge in [0.2, 0.25) is 0 Å². The van der Waals surface area contributed by atoms with Crippen LogP contribution in [-0.4, -0.2) is 22.8 Å². The van der Waals surface area contributed by atoms with E-state index < -0.39 is 40.0 Å². The van der Waals surface area contributed by atoms with Gasteiger partial charge in [-0.15, -0.1) is 11.3 Å². The lowest BCUT2D eigenvalue weighted by molar-refractivity contribution is -0.137. The molecule has 0 aromatic carbocycles. The molecule has 0 saturated heterocycles. The van der Waals surface area contributed by atoms with Gasteiger partial charge in [-0.1, -0.05) is 0 Å². The molecule has 0 aliphatic carbocycles. The minimum absolute atomic E-state index is 0.418. The van der Waals surface area contributed by atoms with Gasteiger partial charge in [0.25, 0.3) is 0 Å². The topological polar surface area (TPSA) is 75.6 Å². The summed E-state index contributed by atoms with van der Waals surface area (Å²) in [5.41, 5.74) is -3.15. The maximum atomic E-state index is 12.6. The van der Waals surface area contributed by atoms with Gasteiger partial charge < -0.3 is 9.84 Å². The summed E-state index contributed by atoms with van der Waals surface area (Å²) in [5, 5.41) is 11.1. The van der Waals surface area contributed by atoms with Crippen molar-refractivity contribution in [1.29, 1.82) is 0 Å². The van der Waals surface area contributed by atoms with Crippen molar-refractivity contribution in [2.24, 2.45) is 0 Å². The molecule has 1 aromatic rings. The number of rotatable bonds is 2. The van der Waals surface area contributed by atoms with Crippen molar-refractivity contribution in [3.05, 3.63) is 16.5 Å². The summed E-state index contributed by atoms with van der Waals surface area (Å²) >= 11 is 0.473. The first-order valence-electron chi connectivity index (χ1n) is 5.34. The number of hydrogen-bond donors (Lipinski definition) is 2. The van der Waals surface area contributed by atoms with Crippen LogP contribution in [0.5, 0.6) is 0 Å². The van der Waals surface area contributed by atoms with Gasteiger partial charge in [-0.05, 0) is 20.8 Å². The fourth-order valence-electron chi connectivity index (χ4n) is 1.27. The second-order valence-electron chi connectivity index (χ2n) is 4.78. The third-order valence-electron chi connectivity index (χ3n) is 1.92. The van der Waals surface area contributed by atoms with Gasteiger partial charge in [0, 0.05) is 5.38 Å². The minimum Gasteiger partial charge on any atom is -0.478 e. The van der Waals surface area contributed by atoms with Gasteiger partial charge in [-0.3, -0.25) is 5.32 Å². The number of thiophene rings is 1. The number of nitrogens with one attached hydrogen (secondary N) is 1. The highest BCUT2D eigenvalue weighted by molar-refractivity contribution is 7.15. The van der Waals surface area contributed by atoms with Gasteiger partial charge in [0.1, 0.15) is 16.2 Å². The molecule has 20 heavy (non-hydrogen) atoms. The summed E-state index contributed by atoms with van der Waals surface area (Å²) < 4.78 is 42.7. The molecule has 1 amide bonds. The predicted molar refractivity (Wildman–Crippen MR) is 66.1 cm³/mol. The molecule has 0 aliphatic rings. The average Bonchev–Trinajstić information content (AvgIpc) is 2.57. The molecule has 5 nitrogen and oxygen atoms in total. The lowest BCUT2D eigenvalue weighted by atomic mass is 10.2. The summed E-state index contributed by atoms with van der Waals surface area (Å²) in [4.78, 5) is 22.4. The fraction of sp³-hybridized carbons (Fsp3) is 0.455. The highest BCUT2D eigenvalue weighted by atomic mass is 32.1. The summed E-state index contributed by atoms with van der Waals surface area (Å²) in [6, 6.07) is 0. The Labute approximate surface area is 116 Å². The molecule has 0 atom stereocenters. The zero-order chi connectivity index (χ0) is 15.7. The van der Waals surface area contributed by atoms with E-state index in [0.717, 1.165) is 0 Å². The van der Waals surface area contributed by atoms with Crippen molar-refractivity contribution in [3.8, 4) is 0 Å². The number of amides is 1. The molecule has 1 heterocycles. The number of aromatic carboxylic acids is 1. The van der Waals surface area contributed by atoms with E-state index in [-0.39, 0.29) is 0 Å². The Kier molecular flexibility index (Phi) is 4.33. The molecule has 1 rings (SSSR count). The van der Waals surface area contributed by atoms with Crippen molar-refractivity contribution in [2.75, 3.05) is 5.32 Å². The van der Waals surface area contributed by atoms with E-state index >= 15 is 0 Å². The maximum absolute atomic E-state index is 12.6. The van der Waals surface area contributed by atoms with Crippen LogP contribution in [0.2, 0.25) is 0 Å². The SMILES string of the molecule is CC(C)(C)OC(=O)Nc1scc(C(F)(F)F)c1C(=O)O. The standard InChI is InChI=1S/C11H12F3NO4S/c1-10(2,3)19-9(18)15-7-6(8(16)17)5(4-20-7)11(12,13)14/h4H,1-3H3,(H,15,18)(H,16,17). The molecule has 1 aromatic heterocycles. The van der Waals surface area contributed by atoms with Gasteiger partial charge >= 0.3 is 18.2 Å². The van der Waals surface area contributed by atoms with E-state index in [2.05, 4.69) is 0 Å². The fourth-order valence-corrected chi connectivity index (χ4v) is 2.21. The molecule has 0 fully saturated rings. The van der Waals surface area contributed by atoms with Crippen LogP contribution >= 0.6 is 11.3 Å². The monoisotopic (exact) mass is 311 g/mol. The Bertz CT molecular complexity index is 531. The van der Waals surface area contributed by atoms with E-state index in [0.29, 0.717) is 16.7 Å². The summed E-state index contributed by atoms with van der Waals surface area (Å²) in [6.07, 6.45) is -5.83. The molecular weight excluding hydrogens is 299 g/mol. The number of anilines is 1. The average molecular weight is 311 g/mol. The van der Waals surface area contributed by atoms with Crippen LogP contribution in [0.25, 0.3) is 0 Å². The molecule has 0 spiro atoms. The third kappa shape index (κ3) is 4.12. The van der Waals surface area contributed by atoms with Crippen LogP contribution in [0.4, 0.5) is 23.0 Å². The van der Waals surface area contributed by atoms with Gasteiger partial charge in [0.15, 0.2) is 0 Å². The second kappa shape index (κ2) is 5.31. The van der Waals surface area contributed by atoms with Crippen LogP contribution in [-0.2, 0) is 10.9 Å². The third-order valence-corrected chi connectivity index (χ3v) is 2.82. The van der Waals surface area contributed by atoms with E-state index in [1.165, 1.54) is 0 Å². The number of carbonyl (C=O) groups is 2. The molecule has 2 N–H and O–H groups in total. The van der Waals surface area contributed by atoms with Crippen LogP contribution in [0.1, 0.15) is 36.7 Å². The quantitative estimate of drug-likeness (QED) is 0.870. The largest absolute Gasteiger partial charge is 0.478 e. The molecule has 0 bridgehead atoms. The highest BCUT2D eigenvalue weighted by Gasteiger charge is 2.38. The number of ether oxygens (including phenoxy) is 1. The number of hydrogen-bond acceptors (Lipinski definition) is 4. The number of alkyl halides is 3. The van der Waals surface area contributed by atoms with Crippen LogP contribution in [0, 0.1) is 0 Å². The zero-order valence-corrected chi connectivity index (χ0v) is 11.6. The molecule has 0 aliphatic heterocycles. The van der Waals surface area contributed by atoms with Crippen molar-refractivity contribution in [3.63, 3.8) is 0 Å². The Hall–Kier alpha value is -1.77. The van der Waals surface area contributed by atoms with E-state index in [1.54, 1.807) is 20.8 Å².